The Labute approximate surface area is 132 Å². The molecule has 6 heteroatoms. The number of hydrogen-bond acceptors (Lipinski definition) is 3. The topological polar surface area (TPSA) is 62.6 Å². The van der Waals surface area contributed by atoms with Crippen molar-refractivity contribution in [2.75, 3.05) is 0 Å². The van der Waals surface area contributed by atoms with Crippen LogP contribution in [-0.4, -0.2) is 16.8 Å². The number of benzene rings is 1. The van der Waals surface area contributed by atoms with Gasteiger partial charge in [0.25, 0.3) is 5.91 Å². The Hall–Kier alpha value is -2.53. The number of hydrogen-bond donors (Lipinski definition) is 1. The maximum atomic E-state index is 12.3. The van der Waals surface area contributed by atoms with Gasteiger partial charge in [-0.15, -0.1) is 0 Å². The van der Waals surface area contributed by atoms with Gasteiger partial charge in [0.1, 0.15) is 17.2 Å². The van der Waals surface area contributed by atoms with Gasteiger partial charge in [-0.2, -0.15) is 0 Å². The summed E-state index contributed by atoms with van der Waals surface area (Å²) in [5.41, 5.74) is 1.02. The Morgan fingerprint density at radius 2 is 1.91 bits per heavy atom. The fourth-order valence-electron chi connectivity index (χ4n) is 2.16. The number of carbonyl (C=O) groups is 2. The molecule has 0 radical (unpaired) electrons. The van der Waals surface area contributed by atoms with Gasteiger partial charge in [-0.1, -0.05) is 23.7 Å². The van der Waals surface area contributed by atoms with Crippen LogP contribution in [0.4, 0.5) is 4.79 Å². The van der Waals surface area contributed by atoms with Crippen molar-refractivity contribution in [2.24, 2.45) is 0 Å². The number of nitrogens with zero attached hydrogens (tertiary/aromatic N) is 1. The lowest BCUT2D eigenvalue weighted by atomic mass is 10.2. The van der Waals surface area contributed by atoms with E-state index in [9.17, 15) is 9.59 Å². The van der Waals surface area contributed by atoms with Crippen LogP contribution in [-0.2, 0) is 11.3 Å². The number of amides is 3. The number of nitrogens with one attached hydrogen (secondary N) is 1. The van der Waals surface area contributed by atoms with E-state index in [1.807, 2.05) is 6.92 Å². The average Bonchev–Trinajstić information content (AvgIpc) is 3.00. The molecule has 1 aliphatic heterocycles. The van der Waals surface area contributed by atoms with E-state index in [0.29, 0.717) is 10.8 Å². The van der Waals surface area contributed by atoms with Gasteiger partial charge in [-0.05, 0) is 36.8 Å². The quantitative estimate of drug-likeness (QED) is 0.698. The van der Waals surface area contributed by atoms with Crippen LogP contribution in [0.15, 0.2) is 46.5 Å². The largest absolute Gasteiger partial charge is 0.462 e. The van der Waals surface area contributed by atoms with Gasteiger partial charge in [0.05, 0.1) is 6.54 Å². The van der Waals surface area contributed by atoms with Crippen molar-refractivity contribution in [2.45, 2.75) is 13.5 Å². The average molecular weight is 317 g/mol. The number of imide groups is 1. The highest BCUT2D eigenvalue weighted by Crippen LogP contribution is 2.19. The van der Waals surface area contributed by atoms with Crippen molar-refractivity contribution in [1.29, 1.82) is 0 Å². The summed E-state index contributed by atoms with van der Waals surface area (Å²) in [5, 5.41) is 3.16. The lowest BCUT2D eigenvalue weighted by Crippen LogP contribution is -2.30. The molecule has 2 aromatic rings. The summed E-state index contributed by atoms with van der Waals surface area (Å²) in [6.45, 7) is 2.00. The number of aryl methyl sites for hydroxylation is 1. The highest BCUT2D eigenvalue weighted by atomic mass is 35.5. The van der Waals surface area contributed by atoms with Gasteiger partial charge in [-0.3, -0.25) is 9.69 Å². The Kier molecular flexibility index (Phi) is 3.73. The van der Waals surface area contributed by atoms with E-state index in [4.69, 9.17) is 16.0 Å². The summed E-state index contributed by atoms with van der Waals surface area (Å²) in [6, 6.07) is 10.1. The number of urea groups is 1. The summed E-state index contributed by atoms with van der Waals surface area (Å²) in [4.78, 5) is 25.4. The molecule has 112 valence electrons. The molecule has 1 saturated heterocycles. The van der Waals surface area contributed by atoms with Crippen molar-refractivity contribution in [3.63, 3.8) is 0 Å². The van der Waals surface area contributed by atoms with Crippen LogP contribution in [0, 0.1) is 6.92 Å². The third-order valence-corrected chi connectivity index (χ3v) is 3.52. The summed E-state index contributed by atoms with van der Waals surface area (Å²) >= 11 is 5.82. The van der Waals surface area contributed by atoms with Gasteiger partial charge in [0.2, 0.25) is 0 Å². The van der Waals surface area contributed by atoms with Gasteiger partial charge in [0.15, 0.2) is 0 Å². The minimum Gasteiger partial charge on any atom is -0.462 e. The number of furan rings is 1. The molecular formula is C16H13ClN2O3. The van der Waals surface area contributed by atoms with E-state index in [0.717, 1.165) is 16.2 Å². The first-order valence-electron chi connectivity index (χ1n) is 6.68. The zero-order valence-corrected chi connectivity index (χ0v) is 12.6. The van der Waals surface area contributed by atoms with Crippen molar-refractivity contribution in [1.82, 2.24) is 10.2 Å². The normalized spacial score (nSPS) is 16.5. The standard InChI is InChI=1S/C16H13ClN2O3/c1-10-2-7-13(22-10)8-14-15(20)19(16(21)18-14)9-11-3-5-12(17)6-4-11/h2-8H,9H2,1H3,(H,18,21)/b14-8+. The maximum absolute atomic E-state index is 12.3. The third kappa shape index (κ3) is 2.89. The van der Waals surface area contributed by atoms with Crippen LogP contribution < -0.4 is 5.32 Å². The summed E-state index contributed by atoms with van der Waals surface area (Å²) in [7, 11) is 0. The minimum atomic E-state index is -0.450. The predicted molar refractivity (Wildman–Crippen MR) is 82.0 cm³/mol. The van der Waals surface area contributed by atoms with E-state index in [1.165, 1.54) is 6.08 Å². The van der Waals surface area contributed by atoms with Crippen molar-refractivity contribution in [3.05, 3.63) is 64.2 Å². The molecule has 2 heterocycles. The fraction of sp³-hybridized carbons (Fsp3) is 0.125. The van der Waals surface area contributed by atoms with E-state index < -0.39 is 6.03 Å². The molecule has 1 N–H and O–H groups in total. The molecule has 0 aliphatic carbocycles. The molecule has 0 saturated carbocycles. The molecule has 1 aromatic heterocycles. The van der Waals surface area contributed by atoms with Crippen molar-refractivity contribution in [3.8, 4) is 0 Å². The lowest BCUT2D eigenvalue weighted by molar-refractivity contribution is -0.123. The van der Waals surface area contributed by atoms with Crippen LogP contribution in [0.3, 0.4) is 0 Å². The first-order chi connectivity index (χ1) is 10.5. The SMILES string of the molecule is Cc1ccc(/C=C2/NC(=O)N(Cc3ccc(Cl)cc3)C2=O)o1. The number of carbonyl (C=O) groups excluding carboxylic acids is 2. The van der Waals surface area contributed by atoms with E-state index in [-0.39, 0.29) is 18.1 Å². The Bertz CT molecular complexity index is 762. The summed E-state index contributed by atoms with van der Waals surface area (Å²) < 4.78 is 5.38. The highest BCUT2D eigenvalue weighted by Gasteiger charge is 2.33. The van der Waals surface area contributed by atoms with Crippen molar-refractivity contribution >= 4 is 29.6 Å². The number of rotatable bonds is 3. The van der Waals surface area contributed by atoms with Gasteiger partial charge in [-0.25, -0.2) is 4.79 Å². The molecule has 0 bridgehead atoms. The Balaban J connectivity index is 1.79. The molecule has 22 heavy (non-hydrogen) atoms. The third-order valence-electron chi connectivity index (χ3n) is 3.26. The Morgan fingerprint density at radius 3 is 2.55 bits per heavy atom. The molecular weight excluding hydrogens is 304 g/mol. The van der Waals surface area contributed by atoms with Gasteiger partial charge >= 0.3 is 6.03 Å². The van der Waals surface area contributed by atoms with Crippen LogP contribution >= 0.6 is 11.6 Å². The predicted octanol–water partition coefficient (Wildman–Crippen LogP) is 3.33. The smallest absolute Gasteiger partial charge is 0.329 e. The van der Waals surface area contributed by atoms with E-state index >= 15 is 0 Å². The maximum Gasteiger partial charge on any atom is 0.329 e. The lowest BCUT2D eigenvalue weighted by Gasteiger charge is -2.11. The monoisotopic (exact) mass is 316 g/mol. The van der Waals surface area contributed by atoms with Gasteiger partial charge in [0, 0.05) is 11.1 Å². The molecule has 3 amide bonds. The Morgan fingerprint density at radius 1 is 1.18 bits per heavy atom. The van der Waals surface area contributed by atoms with Crippen LogP contribution in [0.1, 0.15) is 17.1 Å². The molecule has 3 rings (SSSR count). The molecule has 0 spiro atoms. The van der Waals surface area contributed by atoms with Crippen molar-refractivity contribution < 1.29 is 14.0 Å². The van der Waals surface area contributed by atoms with Gasteiger partial charge < -0.3 is 9.73 Å². The molecule has 0 atom stereocenters. The highest BCUT2D eigenvalue weighted by molar-refractivity contribution is 6.30. The second-order valence-corrected chi connectivity index (χ2v) is 5.39. The van der Waals surface area contributed by atoms with Crippen LogP contribution in [0.2, 0.25) is 5.02 Å². The molecule has 1 aromatic carbocycles. The summed E-state index contributed by atoms with van der Waals surface area (Å²) in [5.74, 6) is 0.880. The molecule has 1 fully saturated rings. The van der Waals surface area contributed by atoms with Crippen LogP contribution in [0.25, 0.3) is 6.08 Å². The number of halogens is 1. The minimum absolute atomic E-state index is 0.191. The summed E-state index contributed by atoms with van der Waals surface area (Å²) in [6.07, 6.45) is 1.52. The first kappa shape index (κ1) is 14.4. The van der Waals surface area contributed by atoms with Crippen LogP contribution in [0.5, 0.6) is 0 Å². The van der Waals surface area contributed by atoms with E-state index in [1.54, 1.807) is 36.4 Å². The molecule has 5 nitrogen and oxygen atoms in total. The molecule has 1 aliphatic rings. The zero-order valence-electron chi connectivity index (χ0n) is 11.8. The fourth-order valence-corrected chi connectivity index (χ4v) is 2.29. The second kappa shape index (κ2) is 5.69. The molecule has 0 unspecified atom stereocenters. The van der Waals surface area contributed by atoms with E-state index in [2.05, 4.69) is 5.32 Å². The zero-order chi connectivity index (χ0) is 15.7. The first-order valence-corrected chi connectivity index (χ1v) is 7.06. The second-order valence-electron chi connectivity index (χ2n) is 4.95.